The molecule has 2 nitrogen and oxygen atoms in total. The highest BCUT2D eigenvalue weighted by Gasteiger charge is 2.61. The van der Waals surface area contributed by atoms with Crippen molar-refractivity contribution in [1.29, 1.82) is 0 Å². The molecule has 2 rings (SSSR count). The summed E-state index contributed by atoms with van der Waals surface area (Å²) in [6, 6.07) is 0. The maximum absolute atomic E-state index is 12.1. The van der Waals surface area contributed by atoms with Crippen molar-refractivity contribution in [3.63, 3.8) is 0 Å². The van der Waals surface area contributed by atoms with Crippen LogP contribution in [0, 0.1) is 22.2 Å². The largest absolute Gasteiger partial charge is 0.461 e. The van der Waals surface area contributed by atoms with Gasteiger partial charge in [0.2, 0.25) is 0 Å². The second kappa shape index (κ2) is 3.49. The summed E-state index contributed by atoms with van der Waals surface area (Å²) in [5, 5.41) is 0. The quantitative estimate of drug-likeness (QED) is 0.650. The average Bonchev–Trinajstić information content (AvgIpc) is 2.62. The minimum Gasteiger partial charge on any atom is -0.461 e. The van der Waals surface area contributed by atoms with Crippen LogP contribution in [0.2, 0.25) is 0 Å². The van der Waals surface area contributed by atoms with E-state index in [4.69, 9.17) is 4.74 Å². The molecule has 2 bridgehead atoms. The SMILES string of the molecule is CC(C)(C)C(=O)OC1C2(C)CCC(C2)C1(C)C. The molecule has 98 valence electrons. The molecule has 0 aromatic rings. The van der Waals surface area contributed by atoms with E-state index in [1.54, 1.807) is 0 Å². The fourth-order valence-corrected chi connectivity index (χ4v) is 3.83. The lowest BCUT2D eigenvalue weighted by atomic mass is 9.70. The van der Waals surface area contributed by atoms with E-state index in [2.05, 4.69) is 20.8 Å². The third-order valence-electron chi connectivity index (χ3n) is 4.97. The summed E-state index contributed by atoms with van der Waals surface area (Å²) >= 11 is 0. The number of esters is 1. The summed E-state index contributed by atoms with van der Waals surface area (Å²) in [5.41, 5.74) is -0.0305. The summed E-state index contributed by atoms with van der Waals surface area (Å²) in [6.07, 6.45) is 3.83. The molecule has 0 saturated heterocycles. The Kier molecular flexibility index (Phi) is 2.65. The van der Waals surface area contributed by atoms with E-state index in [1.807, 2.05) is 20.8 Å². The van der Waals surface area contributed by atoms with Gasteiger partial charge in [-0.2, -0.15) is 0 Å². The molecule has 2 aliphatic rings. The zero-order chi connectivity index (χ0) is 13.1. The topological polar surface area (TPSA) is 26.3 Å². The van der Waals surface area contributed by atoms with Gasteiger partial charge in [-0.05, 0) is 46.0 Å². The third-order valence-corrected chi connectivity index (χ3v) is 4.97. The normalized spacial score (nSPS) is 39.4. The van der Waals surface area contributed by atoms with Crippen molar-refractivity contribution < 1.29 is 9.53 Å². The van der Waals surface area contributed by atoms with E-state index >= 15 is 0 Å². The first-order valence-corrected chi connectivity index (χ1v) is 6.78. The Morgan fingerprint density at radius 3 is 2.24 bits per heavy atom. The lowest BCUT2D eigenvalue weighted by Gasteiger charge is -2.42. The molecular weight excluding hydrogens is 212 g/mol. The Balaban J connectivity index is 2.19. The number of carbonyl (C=O) groups is 1. The van der Waals surface area contributed by atoms with Gasteiger partial charge >= 0.3 is 5.97 Å². The van der Waals surface area contributed by atoms with Crippen molar-refractivity contribution in [1.82, 2.24) is 0 Å². The first-order valence-electron chi connectivity index (χ1n) is 6.78. The van der Waals surface area contributed by atoms with Crippen LogP contribution in [0.5, 0.6) is 0 Å². The molecule has 2 aliphatic carbocycles. The number of hydrogen-bond donors (Lipinski definition) is 0. The van der Waals surface area contributed by atoms with Gasteiger partial charge in [-0.3, -0.25) is 4.79 Å². The minimum atomic E-state index is -0.395. The third kappa shape index (κ3) is 1.90. The molecule has 0 aromatic heterocycles. The standard InChI is InChI=1S/C15H26O2/c1-13(2,3)12(16)17-11-14(4,5)10-7-8-15(11,6)9-10/h10-11H,7-9H2,1-6H3. The second-order valence-corrected chi connectivity index (χ2v) is 7.95. The van der Waals surface area contributed by atoms with Gasteiger partial charge < -0.3 is 4.74 Å². The van der Waals surface area contributed by atoms with Crippen molar-refractivity contribution in [2.45, 2.75) is 66.9 Å². The van der Waals surface area contributed by atoms with E-state index in [9.17, 15) is 4.79 Å². The molecule has 3 atom stereocenters. The van der Waals surface area contributed by atoms with E-state index in [0.29, 0.717) is 0 Å². The van der Waals surface area contributed by atoms with E-state index in [0.717, 1.165) is 5.92 Å². The van der Waals surface area contributed by atoms with Crippen LogP contribution in [0.15, 0.2) is 0 Å². The Morgan fingerprint density at radius 2 is 1.82 bits per heavy atom. The fourth-order valence-electron chi connectivity index (χ4n) is 3.83. The molecular formula is C15H26O2. The monoisotopic (exact) mass is 238 g/mol. The van der Waals surface area contributed by atoms with Crippen LogP contribution in [0.3, 0.4) is 0 Å². The summed E-state index contributed by atoms with van der Waals surface area (Å²) in [6.45, 7) is 12.6. The van der Waals surface area contributed by atoms with Crippen molar-refractivity contribution in [2.24, 2.45) is 22.2 Å². The Bertz CT molecular complexity index is 333. The minimum absolute atomic E-state index is 0.0515. The van der Waals surface area contributed by atoms with Crippen LogP contribution in [0.1, 0.15) is 60.8 Å². The highest BCUT2D eigenvalue weighted by molar-refractivity contribution is 5.75. The first-order chi connectivity index (χ1) is 7.57. The lowest BCUT2D eigenvalue weighted by Crippen LogP contribution is -2.45. The molecule has 0 radical (unpaired) electrons. The van der Waals surface area contributed by atoms with Crippen LogP contribution in [0.25, 0.3) is 0 Å². The van der Waals surface area contributed by atoms with E-state index < -0.39 is 5.41 Å². The maximum atomic E-state index is 12.1. The Labute approximate surface area is 105 Å². The van der Waals surface area contributed by atoms with Gasteiger partial charge in [0.05, 0.1) is 5.41 Å². The summed E-state index contributed by atoms with van der Waals surface area (Å²) in [7, 11) is 0. The van der Waals surface area contributed by atoms with Gasteiger partial charge in [0.25, 0.3) is 0 Å². The summed E-state index contributed by atoms with van der Waals surface area (Å²) in [5.74, 6) is 0.676. The van der Waals surface area contributed by atoms with Crippen LogP contribution in [-0.4, -0.2) is 12.1 Å². The van der Waals surface area contributed by atoms with Gasteiger partial charge in [-0.25, -0.2) is 0 Å². The average molecular weight is 238 g/mol. The number of fused-ring (bicyclic) bond motifs is 2. The predicted octanol–water partition coefficient (Wildman–Crippen LogP) is 3.79. The number of carbonyl (C=O) groups excluding carboxylic acids is 1. The molecule has 0 aliphatic heterocycles. The molecule has 3 unspecified atom stereocenters. The highest BCUT2D eigenvalue weighted by atomic mass is 16.5. The summed E-state index contributed by atoms with van der Waals surface area (Å²) in [4.78, 5) is 12.1. The van der Waals surface area contributed by atoms with E-state index in [1.165, 1.54) is 19.3 Å². The van der Waals surface area contributed by atoms with Crippen LogP contribution in [-0.2, 0) is 9.53 Å². The number of ether oxygens (including phenoxy) is 1. The molecule has 0 spiro atoms. The van der Waals surface area contributed by atoms with Gasteiger partial charge in [-0.1, -0.05) is 20.8 Å². The van der Waals surface area contributed by atoms with Crippen molar-refractivity contribution in [3.05, 3.63) is 0 Å². The van der Waals surface area contributed by atoms with Crippen molar-refractivity contribution in [3.8, 4) is 0 Å². The van der Waals surface area contributed by atoms with E-state index in [-0.39, 0.29) is 22.9 Å². The highest BCUT2D eigenvalue weighted by Crippen LogP contribution is 2.63. The predicted molar refractivity (Wildman–Crippen MR) is 68.6 cm³/mol. The van der Waals surface area contributed by atoms with Gasteiger partial charge in [-0.15, -0.1) is 0 Å². The Morgan fingerprint density at radius 1 is 1.24 bits per heavy atom. The number of hydrogen-bond acceptors (Lipinski definition) is 2. The maximum Gasteiger partial charge on any atom is 0.311 e. The molecule has 17 heavy (non-hydrogen) atoms. The van der Waals surface area contributed by atoms with Gasteiger partial charge in [0.1, 0.15) is 6.10 Å². The molecule has 0 N–H and O–H groups in total. The molecule has 0 heterocycles. The van der Waals surface area contributed by atoms with Crippen LogP contribution < -0.4 is 0 Å². The van der Waals surface area contributed by atoms with Gasteiger partial charge in [0.15, 0.2) is 0 Å². The summed E-state index contributed by atoms with van der Waals surface area (Å²) < 4.78 is 5.89. The molecule has 0 aromatic carbocycles. The van der Waals surface area contributed by atoms with Gasteiger partial charge in [0, 0.05) is 10.8 Å². The zero-order valence-electron chi connectivity index (χ0n) is 12.1. The smallest absolute Gasteiger partial charge is 0.311 e. The van der Waals surface area contributed by atoms with Crippen molar-refractivity contribution >= 4 is 5.97 Å². The molecule has 2 saturated carbocycles. The molecule has 2 heteroatoms. The second-order valence-electron chi connectivity index (χ2n) is 7.95. The number of rotatable bonds is 1. The van der Waals surface area contributed by atoms with Crippen LogP contribution >= 0.6 is 0 Å². The fraction of sp³-hybridized carbons (Fsp3) is 0.933. The molecule has 0 amide bonds. The van der Waals surface area contributed by atoms with Crippen LogP contribution in [0.4, 0.5) is 0 Å². The Hall–Kier alpha value is -0.530. The zero-order valence-corrected chi connectivity index (χ0v) is 12.1. The lowest BCUT2D eigenvalue weighted by molar-refractivity contribution is -0.174. The first kappa shape index (κ1) is 12.9. The molecule has 2 fully saturated rings. The van der Waals surface area contributed by atoms with Crippen molar-refractivity contribution in [2.75, 3.05) is 0 Å².